The topological polar surface area (TPSA) is 75.4 Å². The fourth-order valence-electron chi connectivity index (χ4n) is 1.13. The van der Waals surface area contributed by atoms with Crippen LogP contribution in [0.2, 0.25) is 0 Å². The summed E-state index contributed by atoms with van der Waals surface area (Å²) in [5.41, 5.74) is 5.57. The first-order valence-corrected chi connectivity index (χ1v) is 4.95. The number of anilines is 1. The number of nitrogens with two attached hydrogens (primary N) is 1. The number of carbonyl (C=O) groups excluding carboxylic acids is 2. The van der Waals surface area contributed by atoms with Crippen LogP contribution in [0.15, 0.2) is 18.2 Å². The van der Waals surface area contributed by atoms with Gasteiger partial charge < -0.3 is 16.0 Å². The van der Waals surface area contributed by atoms with E-state index in [0.717, 1.165) is 6.07 Å². The lowest BCUT2D eigenvalue weighted by Crippen LogP contribution is -2.36. The Hall–Kier alpha value is -2.11. The summed E-state index contributed by atoms with van der Waals surface area (Å²) in [6, 6.07) is 3.69. The van der Waals surface area contributed by atoms with Crippen LogP contribution in [0.5, 0.6) is 0 Å². The molecule has 0 heterocycles. The molecular formula is C11H14FN3O2. The summed E-state index contributed by atoms with van der Waals surface area (Å²) < 4.78 is 13.3. The summed E-state index contributed by atoms with van der Waals surface area (Å²) >= 11 is 0. The first kappa shape index (κ1) is 13.0. The predicted molar refractivity (Wildman–Crippen MR) is 61.8 cm³/mol. The van der Waals surface area contributed by atoms with Crippen molar-refractivity contribution in [2.75, 3.05) is 26.4 Å². The third-order valence-electron chi connectivity index (χ3n) is 2.13. The van der Waals surface area contributed by atoms with Gasteiger partial charge in [-0.05, 0) is 18.2 Å². The average molecular weight is 239 g/mol. The number of rotatable bonds is 3. The maximum atomic E-state index is 13.3. The van der Waals surface area contributed by atoms with Crippen LogP contribution in [0, 0.1) is 5.82 Å². The van der Waals surface area contributed by atoms with Crippen LogP contribution in [0.4, 0.5) is 10.1 Å². The van der Waals surface area contributed by atoms with Crippen molar-refractivity contribution in [3.8, 4) is 0 Å². The van der Waals surface area contributed by atoms with Crippen LogP contribution >= 0.6 is 0 Å². The zero-order valence-electron chi connectivity index (χ0n) is 9.66. The van der Waals surface area contributed by atoms with E-state index in [1.165, 1.54) is 17.0 Å². The van der Waals surface area contributed by atoms with Crippen molar-refractivity contribution in [2.45, 2.75) is 0 Å². The normalized spacial score (nSPS) is 9.82. The van der Waals surface area contributed by atoms with E-state index in [0.29, 0.717) is 0 Å². The van der Waals surface area contributed by atoms with Crippen molar-refractivity contribution >= 4 is 17.5 Å². The third-order valence-corrected chi connectivity index (χ3v) is 2.13. The number of nitrogens with zero attached hydrogens (tertiary/aromatic N) is 1. The van der Waals surface area contributed by atoms with Crippen molar-refractivity contribution in [2.24, 2.45) is 0 Å². The van der Waals surface area contributed by atoms with Crippen molar-refractivity contribution in [3.05, 3.63) is 29.6 Å². The number of benzene rings is 1. The molecule has 0 aliphatic heterocycles. The summed E-state index contributed by atoms with van der Waals surface area (Å²) in [6.07, 6.45) is 0. The molecule has 0 radical (unpaired) electrons. The Morgan fingerprint density at radius 1 is 1.41 bits per heavy atom. The van der Waals surface area contributed by atoms with Crippen LogP contribution in [-0.2, 0) is 4.79 Å². The number of hydrogen-bond acceptors (Lipinski definition) is 3. The highest BCUT2D eigenvalue weighted by atomic mass is 19.1. The molecule has 1 aromatic carbocycles. The molecule has 0 fully saturated rings. The smallest absolute Gasteiger partial charge is 0.254 e. The van der Waals surface area contributed by atoms with Gasteiger partial charge in [0.15, 0.2) is 0 Å². The molecule has 0 aliphatic rings. The van der Waals surface area contributed by atoms with Crippen molar-refractivity contribution in [3.63, 3.8) is 0 Å². The molecule has 0 saturated heterocycles. The van der Waals surface area contributed by atoms with Gasteiger partial charge in [0.25, 0.3) is 5.91 Å². The maximum absolute atomic E-state index is 13.3. The van der Waals surface area contributed by atoms with Gasteiger partial charge in [0, 0.05) is 19.8 Å². The number of carbonyl (C=O) groups is 2. The van der Waals surface area contributed by atoms with Gasteiger partial charge in [-0.3, -0.25) is 9.59 Å². The van der Waals surface area contributed by atoms with Crippen molar-refractivity contribution in [1.29, 1.82) is 0 Å². The highest BCUT2D eigenvalue weighted by molar-refractivity contribution is 5.97. The summed E-state index contributed by atoms with van der Waals surface area (Å²) in [6.45, 7) is -0.180. The van der Waals surface area contributed by atoms with Gasteiger partial charge in [-0.1, -0.05) is 0 Å². The van der Waals surface area contributed by atoms with E-state index in [-0.39, 0.29) is 23.7 Å². The molecule has 1 rings (SSSR count). The number of halogens is 1. The van der Waals surface area contributed by atoms with E-state index >= 15 is 0 Å². The first-order valence-electron chi connectivity index (χ1n) is 4.95. The Morgan fingerprint density at radius 3 is 2.65 bits per heavy atom. The molecule has 3 N–H and O–H groups in total. The Morgan fingerprint density at radius 2 is 2.06 bits per heavy atom. The van der Waals surface area contributed by atoms with Gasteiger partial charge in [0.05, 0.1) is 12.1 Å². The fourth-order valence-corrected chi connectivity index (χ4v) is 1.13. The predicted octanol–water partition coefficient (Wildman–Crippen LogP) is 0.226. The number of amides is 2. The molecule has 0 unspecified atom stereocenters. The van der Waals surface area contributed by atoms with Crippen LogP contribution in [0.25, 0.3) is 0 Å². The zero-order chi connectivity index (χ0) is 13.0. The molecule has 0 atom stereocenters. The monoisotopic (exact) mass is 239 g/mol. The largest absolute Gasteiger partial charge is 0.399 e. The van der Waals surface area contributed by atoms with E-state index in [2.05, 4.69) is 5.32 Å². The lowest BCUT2D eigenvalue weighted by Gasteiger charge is -2.11. The minimum Gasteiger partial charge on any atom is -0.399 e. The van der Waals surface area contributed by atoms with Gasteiger partial charge in [-0.15, -0.1) is 0 Å². The van der Waals surface area contributed by atoms with Gasteiger partial charge in [-0.25, -0.2) is 4.39 Å². The molecule has 0 bridgehead atoms. The number of nitrogen functional groups attached to an aromatic ring is 1. The van der Waals surface area contributed by atoms with Crippen molar-refractivity contribution in [1.82, 2.24) is 10.2 Å². The summed E-state index contributed by atoms with van der Waals surface area (Å²) in [7, 11) is 3.13. The maximum Gasteiger partial charge on any atom is 0.254 e. The van der Waals surface area contributed by atoms with Gasteiger partial charge in [0.1, 0.15) is 5.82 Å². The molecule has 17 heavy (non-hydrogen) atoms. The number of nitrogens with one attached hydrogen (secondary N) is 1. The molecule has 0 saturated carbocycles. The van der Waals surface area contributed by atoms with E-state index < -0.39 is 11.7 Å². The lowest BCUT2D eigenvalue weighted by molar-refractivity contribution is -0.127. The Balaban J connectivity index is 2.70. The molecule has 92 valence electrons. The number of hydrogen-bond donors (Lipinski definition) is 2. The lowest BCUT2D eigenvalue weighted by atomic mass is 10.2. The molecule has 6 heteroatoms. The van der Waals surface area contributed by atoms with Crippen LogP contribution in [0.3, 0.4) is 0 Å². The SMILES string of the molecule is CN(C)C(=O)CNC(=O)c1cc(N)ccc1F. The Kier molecular flexibility index (Phi) is 4.03. The van der Waals surface area contributed by atoms with Gasteiger partial charge >= 0.3 is 0 Å². The first-order chi connectivity index (χ1) is 7.91. The molecule has 2 amide bonds. The van der Waals surface area contributed by atoms with E-state index in [1.54, 1.807) is 14.1 Å². The Bertz CT molecular complexity index is 446. The second-order valence-corrected chi connectivity index (χ2v) is 3.71. The molecule has 0 spiro atoms. The molecule has 1 aromatic rings. The zero-order valence-corrected chi connectivity index (χ0v) is 9.66. The summed E-state index contributed by atoms with van der Waals surface area (Å²) in [5, 5.41) is 2.32. The highest BCUT2D eigenvalue weighted by Crippen LogP contribution is 2.11. The second kappa shape index (κ2) is 5.29. The van der Waals surface area contributed by atoms with Crippen molar-refractivity contribution < 1.29 is 14.0 Å². The molecule has 0 aromatic heterocycles. The summed E-state index contributed by atoms with van der Waals surface area (Å²) in [5.74, 6) is -1.61. The quantitative estimate of drug-likeness (QED) is 0.741. The van der Waals surface area contributed by atoms with Gasteiger partial charge in [-0.2, -0.15) is 0 Å². The van der Waals surface area contributed by atoms with E-state index in [1.807, 2.05) is 0 Å². The van der Waals surface area contributed by atoms with Crippen LogP contribution in [-0.4, -0.2) is 37.4 Å². The summed E-state index contributed by atoms with van der Waals surface area (Å²) in [4.78, 5) is 24.1. The minimum atomic E-state index is -0.672. The third kappa shape index (κ3) is 3.44. The number of likely N-dealkylation sites (N-methyl/N-ethyl adjacent to an activating group) is 1. The van der Waals surface area contributed by atoms with Crippen LogP contribution < -0.4 is 11.1 Å². The van der Waals surface area contributed by atoms with Gasteiger partial charge in [0.2, 0.25) is 5.91 Å². The molecule has 5 nitrogen and oxygen atoms in total. The van der Waals surface area contributed by atoms with E-state index in [9.17, 15) is 14.0 Å². The van der Waals surface area contributed by atoms with E-state index in [4.69, 9.17) is 5.73 Å². The standard InChI is InChI=1S/C11H14FN3O2/c1-15(2)10(16)6-14-11(17)8-5-7(13)3-4-9(8)12/h3-5H,6,13H2,1-2H3,(H,14,17). The molecular weight excluding hydrogens is 225 g/mol. The van der Waals surface area contributed by atoms with Crippen LogP contribution in [0.1, 0.15) is 10.4 Å². The second-order valence-electron chi connectivity index (χ2n) is 3.71. The average Bonchev–Trinajstić information content (AvgIpc) is 2.28. The Labute approximate surface area is 98.4 Å². The molecule has 0 aliphatic carbocycles. The fraction of sp³-hybridized carbons (Fsp3) is 0.273. The minimum absolute atomic E-state index is 0.170. The highest BCUT2D eigenvalue weighted by Gasteiger charge is 2.13.